The van der Waals surface area contributed by atoms with Crippen molar-refractivity contribution in [3.05, 3.63) is 48.3 Å². The lowest BCUT2D eigenvalue weighted by Crippen LogP contribution is -1.93. The van der Waals surface area contributed by atoms with E-state index in [9.17, 15) is 4.39 Å². The van der Waals surface area contributed by atoms with E-state index in [4.69, 9.17) is 9.47 Å². The van der Waals surface area contributed by atoms with Gasteiger partial charge in [0, 0.05) is 11.1 Å². The van der Waals surface area contributed by atoms with Crippen molar-refractivity contribution in [2.24, 2.45) is 0 Å². The average molecular weight is 340 g/mol. The highest BCUT2D eigenvalue weighted by molar-refractivity contribution is 7.19. The van der Waals surface area contributed by atoms with E-state index in [0.717, 1.165) is 5.56 Å². The Morgan fingerprint density at radius 2 is 1.92 bits per heavy atom. The molecule has 0 spiro atoms. The number of aromatic nitrogens is 4. The van der Waals surface area contributed by atoms with Gasteiger partial charge < -0.3 is 9.47 Å². The second-order valence-corrected chi connectivity index (χ2v) is 6.13. The summed E-state index contributed by atoms with van der Waals surface area (Å²) in [6.45, 7) is 0.210. The van der Waals surface area contributed by atoms with E-state index in [1.54, 1.807) is 22.7 Å². The molecule has 0 saturated carbocycles. The van der Waals surface area contributed by atoms with Crippen molar-refractivity contribution in [1.82, 2.24) is 19.8 Å². The topological polar surface area (TPSA) is 61.5 Å². The molecule has 0 atom stereocenters. The Kier molecular flexibility index (Phi) is 2.80. The first-order valence-corrected chi connectivity index (χ1v) is 7.98. The van der Waals surface area contributed by atoms with Crippen LogP contribution in [0.2, 0.25) is 0 Å². The monoisotopic (exact) mass is 340 g/mol. The number of hydrogen-bond acceptors (Lipinski definition) is 6. The Balaban J connectivity index is 1.64. The molecule has 8 heteroatoms. The van der Waals surface area contributed by atoms with Crippen LogP contribution in [0, 0.1) is 5.82 Å². The lowest BCUT2D eigenvalue weighted by Gasteiger charge is -2.00. The van der Waals surface area contributed by atoms with Crippen LogP contribution in [0.1, 0.15) is 0 Å². The maximum atomic E-state index is 14.0. The molecule has 0 fully saturated rings. The minimum atomic E-state index is -0.313. The summed E-state index contributed by atoms with van der Waals surface area (Å²) in [5, 5.41) is 13.3. The predicted octanol–water partition coefficient (Wildman–Crippen LogP) is 3.39. The van der Waals surface area contributed by atoms with Gasteiger partial charge in [-0.15, -0.1) is 10.2 Å². The lowest BCUT2D eigenvalue weighted by molar-refractivity contribution is 0.174. The quantitative estimate of drug-likeness (QED) is 0.560. The van der Waals surface area contributed by atoms with E-state index in [1.807, 2.05) is 18.2 Å². The van der Waals surface area contributed by atoms with E-state index in [1.165, 1.54) is 17.4 Å². The van der Waals surface area contributed by atoms with E-state index in [-0.39, 0.29) is 12.6 Å². The van der Waals surface area contributed by atoms with Gasteiger partial charge in [-0.3, -0.25) is 0 Å². The highest BCUT2D eigenvalue weighted by Gasteiger charge is 2.19. The summed E-state index contributed by atoms with van der Waals surface area (Å²) in [4.78, 5) is 0.598. The largest absolute Gasteiger partial charge is 0.454 e. The molecule has 6 nitrogen and oxygen atoms in total. The summed E-state index contributed by atoms with van der Waals surface area (Å²) in [5.41, 5.74) is 1.25. The maximum Gasteiger partial charge on any atom is 0.235 e. The molecule has 3 heterocycles. The first-order valence-electron chi connectivity index (χ1n) is 7.17. The van der Waals surface area contributed by atoms with E-state index in [0.29, 0.717) is 32.9 Å². The second-order valence-electron chi connectivity index (χ2n) is 5.17. The van der Waals surface area contributed by atoms with Gasteiger partial charge in [-0.25, -0.2) is 4.39 Å². The number of fused-ring (bicyclic) bond motifs is 2. The number of hydrogen-bond donors (Lipinski definition) is 0. The van der Waals surface area contributed by atoms with Gasteiger partial charge >= 0.3 is 0 Å². The molecule has 0 radical (unpaired) electrons. The van der Waals surface area contributed by atoms with Crippen molar-refractivity contribution in [2.75, 3.05) is 6.79 Å². The normalized spacial score (nSPS) is 12.9. The van der Waals surface area contributed by atoms with Crippen molar-refractivity contribution in [3.8, 4) is 33.5 Å². The molecule has 0 N–H and O–H groups in total. The van der Waals surface area contributed by atoms with Crippen LogP contribution in [0.4, 0.5) is 4.39 Å². The Bertz CT molecular complexity index is 1080. The van der Waals surface area contributed by atoms with Crippen molar-refractivity contribution in [2.45, 2.75) is 0 Å². The van der Waals surface area contributed by atoms with Crippen LogP contribution in [0.25, 0.3) is 26.9 Å². The van der Waals surface area contributed by atoms with E-state index < -0.39 is 0 Å². The minimum absolute atomic E-state index is 0.210. The summed E-state index contributed by atoms with van der Waals surface area (Å²) in [5.74, 6) is 1.62. The molecule has 0 bridgehead atoms. The van der Waals surface area contributed by atoms with Gasteiger partial charge in [-0.2, -0.15) is 9.61 Å². The summed E-state index contributed by atoms with van der Waals surface area (Å²) in [6, 6.07) is 12.1. The molecule has 1 aliphatic heterocycles. The standard InChI is InChI=1S/C16H9FN4O2S/c17-11-4-2-1-3-10(11)15-20-21-14(18-19-16(21)24-15)9-5-6-12-13(7-9)23-8-22-12/h1-7H,8H2. The summed E-state index contributed by atoms with van der Waals surface area (Å²) >= 11 is 1.29. The molecular formula is C16H9FN4O2S. The van der Waals surface area contributed by atoms with Gasteiger partial charge in [-0.05, 0) is 30.3 Å². The van der Waals surface area contributed by atoms with Gasteiger partial charge in [-0.1, -0.05) is 23.5 Å². The predicted molar refractivity (Wildman–Crippen MR) is 85.6 cm³/mol. The average Bonchev–Trinajstić information content (AvgIpc) is 3.29. The van der Waals surface area contributed by atoms with Crippen LogP contribution in [0.5, 0.6) is 11.5 Å². The van der Waals surface area contributed by atoms with Gasteiger partial charge in [0.05, 0.1) is 0 Å². The highest BCUT2D eigenvalue weighted by Crippen LogP contribution is 2.36. The van der Waals surface area contributed by atoms with Crippen LogP contribution in [-0.4, -0.2) is 26.6 Å². The number of halogens is 1. The fraction of sp³-hybridized carbons (Fsp3) is 0.0625. The van der Waals surface area contributed by atoms with Gasteiger partial charge in [0.1, 0.15) is 5.82 Å². The smallest absolute Gasteiger partial charge is 0.235 e. The summed E-state index contributed by atoms with van der Waals surface area (Å²) in [6.07, 6.45) is 0. The third-order valence-electron chi connectivity index (χ3n) is 3.73. The molecule has 4 aromatic rings. The SMILES string of the molecule is Fc1ccccc1-c1nn2c(-c3ccc4c(c3)OCO4)nnc2s1. The van der Waals surface area contributed by atoms with E-state index in [2.05, 4.69) is 15.3 Å². The third-order valence-corrected chi connectivity index (χ3v) is 4.66. The minimum Gasteiger partial charge on any atom is -0.454 e. The van der Waals surface area contributed by atoms with Gasteiger partial charge in [0.25, 0.3) is 0 Å². The van der Waals surface area contributed by atoms with Gasteiger partial charge in [0.15, 0.2) is 22.3 Å². The fourth-order valence-corrected chi connectivity index (χ4v) is 3.44. The van der Waals surface area contributed by atoms with E-state index >= 15 is 0 Å². The van der Waals surface area contributed by atoms with Gasteiger partial charge in [0.2, 0.25) is 11.8 Å². The van der Waals surface area contributed by atoms with Crippen LogP contribution in [0.15, 0.2) is 42.5 Å². The van der Waals surface area contributed by atoms with Crippen LogP contribution >= 0.6 is 11.3 Å². The third kappa shape index (κ3) is 1.96. The van der Waals surface area contributed by atoms with Crippen LogP contribution in [0.3, 0.4) is 0 Å². The number of rotatable bonds is 2. The van der Waals surface area contributed by atoms with Crippen molar-refractivity contribution < 1.29 is 13.9 Å². The Labute approximate surface area is 139 Å². The first-order chi connectivity index (χ1) is 11.8. The molecule has 1 aliphatic rings. The van der Waals surface area contributed by atoms with Crippen molar-refractivity contribution >= 4 is 16.3 Å². The molecule has 0 saturated heterocycles. The molecule has 2 aromatic carbocycles. The zero-order valence-corrected chi connectivity index (χ0v) is 13.0. The Morgan fingerprint density at radius 3 is 2.83 bits per heavy atom. The second kappa shape index (κ2) is 5.00. The van der Waals surface area contributed by atoms with Crippen LogP contribution < -0.4 is 9.47 Å². The molecule has 2 aromatic heterocycles. The Morgan fingerprint density at radius 1 is 1.04 bits per heavy atom. The number of benzene rings is 2. The molecule has 0 unspecified atom stereocenters. The lowest BCUT2D eigenvalue weighted by atomic mass is 10.2. The zero-order chi connectivity index (χ0) is 16.1. The number of ether oxygens (including phenoxy) is 2. The van der Waals surface area contributed by atoms with Crippen molar-refractivity contribution in [3.63, 3.8) is 0 Å². The molecule has 0 aliphatic carbocycles. The summed E-state index contributed by atoms with van der Waals surface area (Å²) in [7, 11) is 0. The molecular weight excluding hydrogens is 331 g/mol. The number of nitrogens with zero attached hydrogens (tertiary/aromatic N) is 4. The molecule has 0 amide bonds. The first kappa shape index (κ1) is 13.4. The highest BCUT2D eigenvalue weighted by atomic mass is 32.1. The van der Waals surface area contributed by atoms with Crippen molar-refractivity contribution in [1.29, 1.82) is 0 Å². The maximum absolute atomic E-state index is 14.0. The zero-order valence-electron chi connectivity index (χ0n) is 12.1. The molecule has 24 heavy (non-hydrogen) atoms. The Hall–Kier alpha value is -3.00. The molecule has 118 valence electrons. The molecule has 5 rings (SSSR count). The fourth-order valence-electron chi connectivity index (χ4n) is 2.58. The summed E-state index contributed by atoms with van der Waals surface area (Å²) < 4.78 is 26.3. The van der Waals surface area contributed by atoms with Crippen LogP contribution in [-0.2, 0) is 0 Å².